The molecule has 1 unspecified atom stereocenters. The average molecular weight is 357 g/mol. The van der Waals surface area contributed by atoms with E-state index in [-0.39, 0.29) is 11.7 Å². The summed E-state index contributed by atoms with van der Waals surface area (Å²) in [6.45, 7) is 1.86. The number of hydrogen-bond acceptors (Lipinski definition) is 4. The second kappa shape index (κ2) is 8.07. The molecule has 26 heavy (non-hydrogen) atoms. The first kappa shape index (κ1) is 18.0. The number of halogens is 1. The SMILES string of the molecule is O=C(NO)C(c1ccccc1)N1CCN(C(=O)c2ccc(F)cc2)CC1. The minimum atomic E-state index is -0.621. The number of carbonyl (C=O) groups is 2. The predicted octanol–water partition coefficient (Wildman–Crippen LogP) is 1.83. The van der Waals surface area contributed by atoms with Gasteiger partial charge in [-0.3, -0.25) is 19.7 Å². The maximum absolute atomic E-state index is 13.0. The summed E-state index contributed by atoms with van der Waals surface area (Å²) in [6.07, 6.45) is 0. The number of piperazine rings is 1. The third kappa shape index (κ3) is 3.89. The summed E-state index contributed by atoms with van der Waals surface area (Å²) in [5.74, 6) is -1.05. The highest BCUT2D eigenvalue weighted by Crippen LogP contribution is 2.23. The maximum Gasteiger partial charge on any atom is 0.265 e. The Balaban J connectivity index is 1.69. The molecule has 2 aromatic rings. The van der Waals surface area contributed by atoms with Gasteiger partial charge in [0.1, 0.15) is 11.9 Å². The molecule has 0 spiro atoms. The molecule has 136 valence electrons. The van der Waals surface area contributed by atoms with Crippen molar-refractivity contribution in [1.82, 2.24) is 15.3 Å². The summed E-state index contributed by atoms with van der Waals surface area (Å²) >= 11 is 0. The second-order valence-electron chi connectivity index (χ2n) is 6.12. The number of rotatable bonds is 4. The van der Waals surface area contributed by atoms with Crippen LogP contribution in [-0.4, -0.2) is 53.0 Å². The predicted molar refractivity (Wildman–Crippen MR) is 93.0 cm³/mol. The summed E-state index contributed by atoms with van der Waals surface area (Å²) < 4.78 is 13.0. The van der Waals surface area contributed by atoms with Gasteiger partial charge in [0.25, 0.3) is 11.8 Å². The van der Waals surface area contributed by atoms with Crippen LogP contribution in [0.15, 0.2) is 54.6 Å². The van der Waals surface area contributed by atoms with E-state index < -0.39 is 11.9 Å². The normalized spacial score (nSPS) is 16.2. The molecule has 2 aromatic carbocycles. The van der Waals surface area contributed by atoms with E-state index in [4.69, 9.17) is 5.21 Å². The van der Waals surface area contributed by atoms with Crippen molar-refractivity contribution < 1.29 is 19.2 Å². The molecule has 1 saturated heterocycles. The maximum atomic E-state index is 13.0. The van der Waals surface area contributed by atoms with Gasteiger partial charge in [-0.15, -0.1) is 0 Å². The first-order valence-corrected chi connectivity index (χ1v) is 8.38. The number of carbonyl (C=O) groups excluding carboxylic acids is 2. The van der Waals surface area contributed by atoms with Gasteiger partial charge >= 0.3 is 0 Å². The lowest BCUT2D eigenvalue weighted by Crippen LogP contribution is -2.52. The summed E-state index contributed by atoms with van der Waals surface area (Å²) in [6, 6.07) is 14.0. The van der Waals surface area contributed by atoms with Crippen molar-refractivity contribution in [2.24, 2.45) is 0 Å². The van der Waals surface area contributed by atoms with Crippen LogP contribution in [-0.2, 0) is 4.79 Å². The van der Waals surface area contributed by atoms with Crippen molar-refractivity contribution in [2.45, 2.75) is 6.04 Å². The zero-order chi connectivity index (χ0) is 18.5. The van der Waals surface area contributed by atoms with Crippen molar-refractivity contribution in [2.75, 3.05) is 26.2 Å². The molecule has 1 fully saturated rings. The highest BCUT2D eigenvalue weighted by molar-refractivity contribution is 5.94. The van der Waals surface area contributed by atoms with Gasteiger partial charge in [-0.05, 0) is 29.8 Å². The standard InChI is InChI=1S/C19H20FN3O3/c20-16-8-6-15(7-9-16)19(25)23-12-10-22(11-13-23)17(18(24)21-26)14-4-2-1-3-5-14/h1-9,17,26H,10-13H2,(H,21,24). The molecule has 1 aliphatic heterocycles. The quantitative estimate of drug-likeness (QED) is 0.647. The fourth-order valence-corrected chi connectivity index (χ4v) is 3.18. The Labute approximate surface area is 150 Å². The monoisotopic (exact) mass is 357 g/mol. The molecular weight excluding hydrogens is 337 g/mol. The van der Waals surface area contributed by atoms with Crippen LogP contribution in [0, 0.1) is 5.82 Å². The number of benzene rings is 2. The van der Waals surface area contributed by atoms with E-state index in [1.807, 2.05) is 35.2 Å². The van der Waals surface area contributed by atoms with Crippen molar-refractivity contribution in [3.63, 3.8) is 0 Å². The Bertz CT molecular complexity index is 759. The summed E-state index contributed by atoms with van der Waals surface area (Å²) in [7, 11) is 0. The van der Waals surface area contributed by atoms with Crippen LogP contribution in [0.5, 0.6) is 0 Å². The fourth-order valence-electron chi connectivity index (χ4n) is 3.18. The molecule has 0 aromatic heterocycles. The van der Waals surface area contributed by atoms with E-state index in [0.717, 1.165) is 5.56 Å². The zero-order valence-corrected chi connectivity index (χ0v) is 14.1. The van der Waals surface area contributed by atoms with Crippen LogP contribution in [0.1, 0.15) is 22.0 Å². The number of hydrogen-bond donors (Lipinski definition) is 2. The first-order valence-electron chi connectivity index (χ1n) is 8.38. The zero-order valence-electron chi connectivity index (χ0n) is 14.1. The summed E-state index contributed by atoms with van der Waals surface area (Å²) in [4.78, 5) is 28.3. The first-order chi connectivity index (χ1) is 12.6. The van der Waals surface area contributed by atoms with E-state index in [2.05, 4.69) is 0 Å². The van der Waals surface area contributed by atoms with Crippen LogP contribution in [0.2, 0.25) is 0 Å². The second-order valence-corrected chi connectivity index (χ2v) is 6.12. The van der Waals surface area contributed by atoms with Gasteiger partial charge in [-0.2, -0.15) is 0 Å². The molecule has 1 atom stereocenters. The minimum Gasteiger partial charge on any atom is -0.336 e. The molecule has 0 bridgehead atoms. The van der Waals surface area contributed by atoms with Gasteiger partial charge in [0, 0.05) is 31.7 Å². The Morgan fingerprint density at radius 3 is 2.15 bits per heavy atom. The smallest absolute Gasteiger partial charge is 0.265 e. The van der Waals surface area contributed by atoms with Crippen molar-refractivity contribution >= 4 is 11.8 Å². The van der Waals surface area contributed by atoms with Crippen LogP contribution in [0.4, 0.5) is 4.39 Å². The molecule has 0 saturated carbocycles. The third-order valence-electron chi connectivity index (χ3n) is 4.53. The highest BCUT2D eigenvalue weighted by Gasteiger charge is 2.31. The van der Waals surface area contributed by atoms with Gasteiger partial charge in [-0.1, -0.05) is 30.3 Å². The number of nitrogens with one attached hydrogen (secondary N) is 1. The van der Waals surface area contributed by atoms with Gasteiger partial charge in [-0.25, -0.2) is 9.87 Å². The van der Waals surface area contributed by atoms with E-state index >= 15 is 0 Å². The largest absolute Gasteiger partial charge is 0.336 e. The van der Waals surface area contributed by atoms with Gasteiger partial charge in [0.2, 0.25) is 0 Å². The van der Waals surface area contributed by atoms with E-state index in [1.54, 1.807) is 10.4 Å². The highest BCUT2D eigenvalue weighted by atomic mass is 19.1. The molecule has 7 heteroatoms. The Hall–Kier alpha value is -2.77. The average Bonchev–Trinajstić information content (AvgIpc) is 2.69. The lowest BCUT2D eigenvalue weighted by Gasteiger charge is -2.38. The van der Waals surface area contributed by atoms with Crippen LogP contribution >= 0.6 is 0 Å². The van der Waals surface area contributed by atoms with Gasteiger partial charge < -0.3 is 4.90 Å². The topological polar surface area (TPSA) is 72.9 Å². The van der Waals surface area contributed by atoms with Crippen LogP contribution < -0.4 is 5.48 Å². The molecule has 2 amide bonds. The molecule has 1 aliphatic rings. The van der Waals surface area contributed by atoms with E-state index in [0.29, 0.717) is 31.7 Å². The minimum absolute atomic E-state index is 0.160. The Morgan fingerprint density at radius 2 is 1.58 bits per heavy atom. The van der Waals surface area contributed by atoms with Gasteiger partial charge in [0.05, 0.1) is 0 Å². The van der Waals surface area contributed by atoms with Crippen molar-refractivity contribution in [3.05, 3.63) is 71.5 Å². The molecule has 0 radical (unpaired) electrons. The number of nitrogens with zero attached hydrogens (tertiary/aromatic N) is 2. The number of amides is 2. The molecule has 2 N–H and O–H groups in total. The van der Waals surface area contributed by atoms with E-state index in [9.17, 15) is 14.0 Å². The molecule has 1 heterocycles. The summed E-state index contributed by atoms with van der Waals surface area (Å²) in [5.41, 5.74) is 2.94. The van der Waals surface area contributed by atoms with Gasteiger partial charge in [0.15, 0.2) is 0 Å². The van der Waals surface area contributed by atoms with Crippen LogP contribution in [0.3, 0.4) is 0 Å². The number of hydroxylamine groups is 1. The summed E-state index contributed by atoms with van der Waals surface area (Å²) in [5, 5.41) is 9.09. The lowest BCUT2D eigenvalue weighted by molar-refractivity contribution is -0.135. The molecule has 0 aliphatic carbocycles. The molecule has 6 nitrogen and oxygen atoms in total. The van der Waals surface area contributed by atoms with Crippen molar-refractivity contribution in [1.29, 1.82) is 0 Å². The lowest BCUT2D eigenvalue weighted by atomic mass is 10.0. The van der Waals surface area contributed by atoms with Crippen LogP contribution in [0.25, 0.3) is 0 Å². The van der Waals surface area contributed by atoms with Crippen molar-refractivity contribution in [3.8, 4) is 0 Å². The molecular formula is C19H20FN3O3. The molecule has 3 rings (SSSR count). The van der Waals surface area contributed by atoms with E-state index in [1.165, 1.54) is 24.3 Å². The Kier molecular flexibility index (Phi) is 5.60. The third-order valence-corrected chi connectivity index (χ3v) is 4.53. The Morgan fingerprint density at radius 1 is 0.962 bits per heavy atom. The fraction of sp³-hybridized carbons (Fsp3) is 0.263.